The third-order valence-corrected chi connectivity index (χ3v) is 0.705. The summed E-state index contributed by atoms with van der Waals surface area (Å²) >= 11 is 0. The Hall–Kier alpha value is -1.52. The predicted molar refractivity (Wildman–Crippen MR) is 29.2 cm³/mol. The van der Waals surface area contributed by atoms with E-state index in [1.807, 2.05) is 0 Å². The van der Waals surface area contributed by atoms with Crippen LogP contribution in [0, 0.1) is 0 Å². The Morgan fingerprint density at radius 2 is 2.44 bits per heavy atom. The van der Waals surface area contributed by atoms with Crippen molar-refractivity contribution in [3.8, 4) is 0 Å². The van der Waals surface area contributed by atoms with Gasteiger partial charge < -0.3 is 5.21 Å². The summed E-state index contributed by atoms with van der Waals surface area (Å²) in [5, 5.41) is 17.7. The van der Waals surface area contributed by atoms with Gasteiger partial charge in [0.25, 0.3) is 0 Å². The summed E-state index contributed by atoms with van der Waals surface area (Å²) in [6, 6.07) is 0. The van der Waals surface area contributed by atoms with Crippen molar-refractivity contribution in [3.63, 3.8) is 0 Å². The smallest absolute Gasteiger partial charge is 0.138 e. The van der Waals surface area contributed by atoms with E-state index in [4.69, 9.17) is 5.21 Å². The third kappa shape index (κ3) is 1.45. The van der Waals surface area contributed by atoms with E-state index >= 15 is 0 Å². The summed E-state index contributed by atoms with van der Waals surface area (Å²) in [4.78, 5) is 3.69. The van der Waals surface area contributed by atoms with Gasteiger partial charge in [-0.2, -0.15) is 5.10 Å². The normalized spacial score (nSPS) is 10.2. The molecule has 0 radical (unpaired) electrons. The molecule has 1 N–H and O–H groups in total. The van der Waals surface area contributed by atoms with Crippen LogP contribution in [0.5, 0.6) is 0 Å². The average molecular weight is 124 g/mol. The van der Waals surface area contributed by atoms with Crippen molar-refractivity contribution in [2.45, 2.75) is 0 Å². The van der Waals surface area contributed by atoms with Crippen molar-refractivity contribution >= 4 is 6.21 Å². The van der Waals surface area contributed by atoms with E-state index in [9.17, 15) is 0 Å². The summed E-state index contributed by atoms with van der Waals surface area (Å²) in [5.74, 6) is 0. The highest BCUT2D eigenvalue weighted by molar-refractivity contribution is 5.75. The molecule has 0 bridgehead atoms. The predicted octanol–water partition coefficient (Wildman–Crippen LogP) is -0.320. The summed E-state index contributed by atoms with van der Waals surface area (Å²) in [6.45, 7) is 0. The molecular weight excluding hydrogens is 120 g/mol. The van der Waals surface area contributed by atoms with Crippen LogP contribution in [-0.2, 0) is 0 Å². The van der Waals surface area contributed by atoms with Gasteiger partial charge in [0.05, 0.1) is 12.4 Å². The Kier molecular flexibility index (Phi) is 1.69. The highest BCUT2D eigenvalue weighted by atomic mass is 16.4. The van der Waals surface area contributed by atoms with E-state index in [0.29, 0.717) is 5.69 Å². The van der Waals surface area contributed by atoms with E-state index in [-0.39, 0.29) is 0 Å². The van der Waals surface area contributed by atoms with Crippen molar-refractivity contribution in [2.75, 3.05) is 0 Å². The topological polar surface area (TPSA) is 71.3 Å². The molecule has 0 amide bonds. The largest absolute Gasteiger partial charge is 0.411 e. The van der Waals surface area contributed by atoms with E-state index in [1.54, 1.807) is 0 Å². The summed E-state index contributed by atoms with van der Waals surface area (Å²) in [7, 11) is 0. The van der Waals surface area contributed by atoms with Gasteiger partial charge in [-0.1, -0.05) is 5.16 Å². The van der Waals surface area contributed by atoms with Crippen molar-refractivity contribution in [2.24, 2.45) is 5.16 Å². The molecule has 46 valence electrons. The maximum Gasteiger partial charge on any atom is 0.138 e. The maximum atomic E-state index is 8.00. The lowest BCUT2D eigenvalue weighted by Crippen LogP contribution is -1.89. The fourth-order valence-electron chi connectivity index (χ4n) is 0.374. The van der Waals surface area contributed by atoms with Crippen LogP contribution in [0.1, 0.15) is 5.69 Å². The van der Waals surface area contributed by atoms with Gasteiger partial charge in [-0.15, -0.1) is 5.10 Å². The molecule has 1 aromatic heterocycles. The summed E-state index contributed by atoms with van der Waals surface area (Å²) in [5.41, 5.74) is 0.479. The molecule has 0 aliphatic rings. The summed E-state index contributed by atoms with van der Waals surface area (Å²) < 4.78 is 0. The number of nitrogens with zero attached hydrogens (tertiary/aromatic N) is 4. The summed E-state index contributed by atoms with van der Waals surface area (Å²) in [6.07, 6.45) is 3.84. The second kappa shape index (κ2) is 2.71. The Labute approximate surface area is 51.1 Å². The maximum absolute atomic E-state index is 8.00. The lowest BCUT2D eigenvalue weighted by atomic mass is 10.5. The minimum absolute atomic E-state index is 0.479. The van der Waals surface area contributed by atoms with Gasteiger partial charge in [-0.05, 0) is 0 Å². The highest BCUT2D eigenvalue weighted by Crippen LogP contribution is 1.79. The fourth-order valence-corrected chi connectivity index (χ4v) is 0.374. The fraction of sp³-hybridized carbons (Fsp3) is 0. The zero-order valence-corrected chi connectivity index (χ0v) is 4.47. The van der Waals surface area contributed by atoms with Crippen molar-refractivity contribution in [3.05, 3.63) is 18.2 Å². The lowest BCUT2D eigenvalue weighted by molar-refractivity contribution is 0.321. The van der Waals surface area contributed by atoms with Crippen LogP contribution in [-0.4, -0.2) is 26.6 Å². The first-order valence-electron chi connectivity index (χ1n) is 2.23. The Balaban J connectivity index is 2.85. The van der Waals surface area contributed by atoms with E-state index < -0.39 is 0 Å². The van der Waals surface area contributed by atoms with Crippen LogP contribution in [0.2, 0.25) is 0 Å². The zero-order valence-electron chi connectivity index (χ0n) is 4.47. The Morgan fingerprint density at radius 3 is 3.00 bits per heavy atom. The molecule has 0 saturated carbocycles. The minimum atomic E-state index is 0.479. The van der Waals surface area contributed by atoms with Gasteiger partial charge in [0.2, 0.25) is 0 Å². The standard InChI is InChI=1S/C4H4N4O/c9-8-2-4-1-6-7-3-5-4/h1-3,9H. The zero-order chi connectivity index (χ0) is 6.53. The number of hydrogen-bond acceptors (Lipinski definition) is 5. The van der Waals surface area contributed by atoms with E-state index in [0.717, 1.165) is 0 Å². The SMILES string of the molecule is ON=Cc1cnncn1. The molecule has 5 heteroatoms. The average Bonchev–Trinajstić information content (AvgIpc) is 1.91. The van der Waals surface area contributed by atoms with Gasteiger partial charge in [0.1, 0.15) is 12.0 Å². The molecular formula is C4H4N4O. The first-order chi connectivity index (χ1) is 4.43. The second-order valence-corrected chi connectivity index (χ2v) is 1.27. The molecule has 1 heterocycles. The highest BCUT2D eigenvalue weighted by Gasteiger charge is 1.84. The molecule has 0 unspecified atom stereocenters. The van der Waals surface area contributed by atoms with Crippen LogP contribution < -0.4 is 0 Å². The molecule has 1 rings (SSSR count). The van der Waals surface area contributed by atoms with Crippen molar-refractivity contribution < 1.29 is 5.21 Å². The molecule has 0 aliphatic heterocycles. The van der Waals surface area contributed by atoms with Crippen molar-refractivity contribution in [1.29, 1.82) is 0 Å². The van der Waals surface area contributed by atoms with Crippen LogP contribution in [0.3, 0.4) is 0 Å². The van der Waals surface area contributed by atoms with Crippen molar-refractivity contribution in [1.82, 2.24) is 15.2 Å². The molecule has 0 spiro atoms. The van der Waals surface area contributed by atoms with Gasteiger partial charge in [0.15, 0.2) is 0 Å². The minimum Gasteiger partial charge on any atom is -0.411 e. The quantitative estimate of drug-likeness (QED) is 0.316. The second-order valence-electron chi connectivity index (χ2n) is 1.27. The molecule has 0 aromatic carbocycles. The van der Waals surface area contributed by atoms with Crippen LogP contribution >= 0.6 is 0 Å². The molecule has 5 nitrogen and oxygen atoms in total. The van der Waals surface area contributed by atoms with Crippen LogP contribution in [0.25, 0.3) is 0 Å². The van der Waals surface area contributed by atoms with Crippen LogP contribution in [0.4, 0.5) is 0 Å². The number of rotatable bonds is 1. The first-order valence-corrected chi connectivity index (χ1v) is 2.23. The lowest BCUT2D eigenvalue weighted by Gasteiger charge is -1.82. The first kappa shape index (κ1) is 5.61. The molecule has 0 fully saturated rings. The monoisotopic (exact) mass is 124 g/mol. The van der Waals surface area contributed by atoms with E-state index in [2.05, 4.69) is 20.3 Å². The molecule has 9 heavy (non-hydrogen) atoms. The molecule has 1 aromatic rings. The molecule has 0 aliphatic carbocycles. The number of aromatic nitrogens is 3. The molecule has 0 saturated heterocycles. The Morgan fingerprint density at radius 1 is 1.56 bits per heavy atom. The third-order valence-electron chi connectivity index (χ3n) is 0.705. The van der Waals surface area contributed by atoms with Gasteiger partial charge in [-0.3, -0.25) is 0 Å². The Bertz CT molecular complexity index is 197. The van der Waals surface area contributed by atoms with Crippen LogP contribution in [0.15, 0.2) is 17.7 Å². The number of hydrogen-bond donors (Lipinski definition) is 1. The van der Waals surface area contributed by atoms with Gasteiger partial charge in [-0.25, -0.2) is 4.98 Å². The van der Waals surface area contributed by atoms with Gasteiger partial charge in [0, 0.05) is 0 Å². The number of oxime groups is 1. The van der Waals surface area contributed by atoms with E-state index in [1.165, 1.54) is 18.7 Å². The van der Waals surface area contributed by atoms with Gasteiger partial charge >= 0.3 is 0 Å². The molecule has 0 atom stereocenters.